The van der Waals surface area contributed by atoms with Gasteiger partial charge in [-0.2, -0.15) is 0 Å². The maximum atomic E-state index is 13.9. The predicted molar refractivity (Wildman–Crippen MR) is 154 cm³/mol. The first-order valence-corrected chi connectivity index (χ1v) is 14.7. The number of amides is 2. The van der Waals surface area contributed by atoms with Crippen LogP contribution in [-0.4, -0.2) is 44.3 Å². The molecule has 0 aromatic heterocycles. The van der Waals surface area contributed by atoms with Crippen molar-refractivity contribution in [2.75, 3.05) is 17.4 Å². The molecule has 0 spiro atoms. The fourth-order valence-electron chi connectivity index (χ4n) is 4.15. The first kappa shape index (κ1) is 29.4. The van der Waals surface area contributed by atoms with Crippen LogP contribution in [0.15, 0.2) is 82.2 Å². The number of halogens is 1. The molecule has 2 amide bonds. The third-order valence-corrected chi connectivity index (χ3v) is 8.34. The number of aryl methyl sites for hydroxylation is 2. The Morgan fingerprint density at radius 3 is 2.21 bits per heavy atom. The lowest BCUT2D eigenvalue weighted by molar-refractivity contribution is -0.139. The van der Waals surface area contributed by atoms with E-state index in [9.17, 15) is 18.0 Å². The Labute approximate surface area is 234 Å². The zero-order chi connectivity index (χ0) is 27.9. The molecular formula is C29H34BrN3O4S. The Balaban J connectivity index is 2.04. The Kier molecular flexibility index (Phi) is 10.1. The Morgan fingerprint density at radius 2 is 1.61 bits per heavy atom. The van der Waals surface area contributed by atoms with E-state index in [0.29, 0.717) is 12.2 Å². The SMILES string of the molecule is CCCNC(=O)C(C)N(Cc1cccc(Br)c1)C(=O)CN(c1cc(C)cc(C)c1)S(=O)(=O)c1ccccc1. The van der Waals surface area contributed by atoms with Crippen molar-refractivity contribution in [1.29, 1.82) is 0 Å². The van der Waals surface area contributed by atoms with Crippen LogP contribution in [0.2, 0.25) is 0 Å². The lowest BCUT2D eigenvalue weighted by atomic mass is 10.1. The van der Waals surface area contributed by atoms with Gasteiger partial charge in [-0.25, -0.2) is 8.42 Å². The van der Waals surface area contributed by atoms with Crippen LogP contribution in [0.3, 0.4) is 0 Å². The Bertz CT molecular complexity index is 1360. The van der Waals surface area contributed by atoms with E-state index < -0.39 is 28.5 Å². The monoisotopic (exact) mass is 599 g/mol. The topological polar surface area (TPSA) is 86.8 Å². The number of benzene rings is 3. The van der Waals surface area contributed by atoms with Gasteiger partial charge >= 0.3 is 0 Å². The van der Waals surface area contributed by atoms with Gasteiger partial charge in [-0.3, -0.25) is 13.9 Å². The molecule has 1 unspecified atom stereocenters. The van der Waals surface area contributed by atoms with E-state index in [1.807, 2.05) is 51.1 Å². The zero-order valence-corrected chi connectivity index (χ0v) is 24.6. The molecule has 38 heavy (non-hydrogen) atoms. The summed E-state index contributed by atoms with van der Waals surface area (Å²) >= 11 is 3.46. The highest BCUT2D eigenvalue weighted by atomic mass is 79.9. The molecule has 0 aliphatic heterocycles. The molecule has 7 nitrogen and oxygen atoms in total. The minimum atomic E-state index is -4.08. The van der Waals surface area contributed by atoms with Crippen LogP contribution in [0.1, 0.15) is 37.0 Å². The van der Waals surface area contributed by atoms with E-state index in [-0.39, 0.29) is 17.3 Å². The van der Waals surface area contributed by atoms with Gasteiger partial charge in [0.25, 0.3) is 10.0 Å². The molecule has 0 heterocycles. The van der Waals surface area contributed by atoms with Gasteiger partial charge in [-0.05, 0) is 80.3 Å². The first-order valence-electron chi connectivity index (χ1n) is 12.5. The third kappa shape index (κ3) is 7.45. The van der Waals surface area contributed by atoms with Gasteiger partial charge in [0, 0.05) is 17.6 Å². The number of sulfonamides is 1. The highest BCUT2D eigenvalue weighted by Crippen LogP contribution is 2.26. The van der Waals surface area contributed by atoms with Gasteiger partial charge in [-0.15, -0.1) is 0 Å². The molecule has 3 aromatic carbocycles. The van der Waals surface area contributed by atoms with E-state index in [0.717, 1.165) is 31.9 Å². The molecule has 0 fully saturated rings. The van der Waals surface area contributed by atoms with Gasteiger partial charge in [0.1, 0.15) is 12.6 Å². The van der Waals surface area contributed by atoms with Gasteiger partial charge in [0.15, 0.2) is 0 Å². The average Bonchev–Trinajstić information content (AvgIpc) is 2.88. The van der Waals surface area contributed by atoms with E-state index in [2.05, 4.69) is 21.2 Å². The lowest BCUT2D eigenvalue weighted by Gasteiger charge is -2.32. The number of hydrogen-bond acceptors (Lipinski definition) is 4. The molecule has 0 aliphatic carbocycles. The fraction of sp³-hybridized carbons (Fsp3) is 0.310. The van der Waals surface area contributed by atoms with Gasteiger partial charge in [0.05, 0.1) is 10.6 Å². The number of carbonyl (C=O) groups excluding carboxylic acids is 2. The summed E-state index contributed by atoms with van der Waals surface area (Å²) < 4.78 is 29.6. The summed E-state index contributed by atoms with van der Waals surface area (Å²) in [7, 11) is -4.08. The van der Waals surface area contributed by atoms with E-state index in [4.69, 9.17) is 0 Å². The molecule has 0 radical (unpaired) electrons. The number of nitrogens with zero attached hydrogens (tertiary/aromatic N) is 2. The number of hydrogen-bond donors (Lipinski definition) is 1. The van der Waals surface area contributed by atoms with Crippen LogP contribution in [0.5, 0.6) is 0 Å². The summed E-state index contributed by atoms with van der Waals surface area (Å²) in [5.41, 5.74) is 2.95. The number of rotatable bonds is 11. The quantitative estimate of drug-likeness (QED) is 0.328. The molecule has 0 saturated carbocycles. The molecule has 3 rings (SSSR count). The summed E-state index contributed by atoms with van der Waals surface area (Å²) in [6, 6.07) is 20.1. The van der Waals surface area contributed by atoms with Crippen LogP contribution >= 0.6 is 15.9 Å². The van der Waals surface area contributed by atoms with Gasteiger partial charge < -0.3 is 10.2 Å². The van der Waals surface area contributed by atoms with Crippen molar-refractivity contribution in [3.63, 3.8) is 0 Å². The fourth-order valence-corrected chi connectivity index (χ4v) is 6.02. The number of nitrogens with one attached hydrogen (secondary N) is 1. The summed E-state index contributed by atoms with van der Waals surface area (Å²) in [5.74, 6) is -0.776. The van der Waals surface area contributed by atoms with Crippen LogP contribution in [-0.2, 0) is 26.2 Å². The second-order valence-corrected chi connectivity index (χ2v) is 12.1. The van der Waals surface area contributed by atoms with Crippen molar-refractivity contribution < 1.29 is 18.0 Å². The van der Waals surface area contributed by atoms with Crippen molar-refractivity contribution in [2.24, 2.45) is 0 Å². The number of carbonyl (C=O) groups is 2. The largest absolute Gasteiger partial charge is 0.354 e. The third-order valence-electron chi connectivity index (χ3n) is 6.06. The molecule has 1 atom stereocenters. The second kappa shape index (κ2) is 13.1. The van der Waals surface area contributed by atoms with Crippen molar-refractivity contribution >= 4 is 43.5 Å². The van der Waals surface area contributed by atoms with E-state index >= 15 is 0 Å². The molecule has 3 aromatic rings. The zero-order valence-electron chi connectivity index (χ0n) is 22.1. The molecule has 202 valence electrons. The van der Waals surface area contributed by atoms with Crippen LogP contribution in [0, 0.1) is 13.8 Å². The summed E-state index contributed by atoms with van der Waals surface area (Å²) in [6.07, 6.45) is 0.758. The van der Waals surface area contributed by atoms with Gasteiger partial charge in [0.2, 0.25) is 11.8 Å². The van der Waals surface area contributed by atoms with E-state index in [1.54, 1.807) is 37.3 Å². The Morgan fingerprint density at radius 1 is 0.947 bits per heavy atom. The molecule has 0 saturated heterocycles. The lowest BCUT2D eigenvalue weighted by Crippen LogP contribution is -2.51. The summed E-state index contributed by atoms with van der Waals surface area (Å²) in [4.78, 5) is 28.4. The maximum Gasteiger partial charge on any atom is 0.264 e. The predicted octanol–water partition coefficient (Wildman–Crippen LogP) is 5.20. The van der Waals surface area contributed by atoms with Crippen molar-refractivity contribution in [1.82, 2.24) is 10.2 Å². The smallest absolute Gasteiger partial charge is 0.264 e. The minimum Gasteiger partial charge on any atom is -0.354 e. The molecule has 0 aliphatic rings. The molecular weight excluding hydrogens is 566 g/mol. The van der Waals surface area contributed by atoms with E-state index in [1.165, 1.54) is 17.0 Å². The highest BCUT2D eigenvalue weighted by molar-refractivity contribution is 9.10. The standard InChI is InChI=1S/C29H34BrN3O4S/c1-5-14-31-29(35)23(4)32(19-24-10-9-11-25(30)18-24)28(34)20-33(26-16-21(2)15-22(3)17-26)38(36,37)27-12-7-6-8-13-27/h6-13,15-18,23H,5,14,19-20H2,1-4H3,(H,31,35). The molecule has 1 N–H and O–H groups in total. The van der Waals surface area contributed by atoms with Crippen molar-refractivity contribution in [3.8, 4) is 0 Å². The minimum absolute atomic E-state index is 0.0826. The van der Waals surface area contributed by atoms with Crippen LogP contribution < -0.4 is 9.62 Å². The average molecular weight is 601 g/mol. The molecule has 9 heteroatoms. The summed E-state index contributed by atoms with van der Waals surface area (Å²) in [6.45, 7) is 7.54. The summed E-state index contributed by atoms with van der Waals surface area (Å²) in [5, 5.41) is 2.85. The Hall–Kier alpha value is -3.17. The van der Waals surface area contributed by atoms with Crippen molar-refractivity contribution in [2.45, 2.75) is 51.6 Å². The second-order valence-electron chi connectivity index (χ2n) is 9.29. The maximum absolute atomic E-state index is 13.9. The first-order chi connectivity index (χ1) is 18.0. The van der Waals surface area contributed by atoms with Crippen molar-refractivity contribution in [3.05, 3.63) is 94.0 Å². The number of anilines is 1. The van der Waals surface area contributed by atoms with Crippen LogP contribution in [0.25, 0.3) is 0 Å². The van der Waals surface area contributed by atoms with Crippen LogP contribution in [0.4, 0.5) is 5.69 Å². The normalized spacial score (nSPS) is 12.0. The molecule has 0 bridgehead atoms. The highest BCUT2D eigenvalue weighted by Gasteiger charge is 2.32. The van der Waals surface area contributed by atoms with Gasteiger partial charge in [-0.1, -0.05) is 59.3 Å².